The lowest BCUT2D eigenvalue weighted by atomic mass is 9.92. The molecule has 0 radical (unpaired) electrons. The molecule has 0 aliphatic carbocycles. The second kappa shape index (κ2) is 11.0. The number of carbonyl (C=O) groups is 2. The fraction of sp³-hybridized carbons (Fsp3) is 0.346. The minimum absolute atomic E-state index is 0.113. The Kier molecular flexibility index (Phi) is 8.28. The van der Waals surface area contributed by atoms with Gasteiger partial charge in [-0.25, -0.2) is 4.68 Å². The quantitative estimate of drug-likeness (QED) is 0.449. The number of amides is 2. The third-order valence-electron chi connectivity index (χ3n) is 5.25. The first-order chi connectivity index (χ1) is 16.1. The summed E-state index contributed by atoms with van der Waals surface area (Å²) in [7, 11) is 1.57. The molecule has 0 aliphatic rings. The predicted molar refractivity (Wildman–Crippen MR) is 138 cm³/mol. The number of hydrogen-bond donors (Lipinski definition) is 1. The van der Waals surface area contributed by atoms with Gasteiger partial charge in [-0.15, -0.1) is 0 Å². The van der Waals surface area contributed by atoms with Gasteiger partial charge >= 0.3 is 0 Å². The first kappa shape index (κ1) is 25.6. The molecule has 2 aromatic carbocycles. The largest absolute Gasteiger partial charge is 0.383 e. The van der Waals surface area contributed by atoms with Crippen LogP contribution in [-0.2, 0) is 14.9 Å². The molecule has 0 aliphatic heterocycles. The Morgan fingerprint density at radius 1 is 1.12 bits per heavy atom. The maximum atomic E-state index is 13.1. The summed E-state index contributed by atoms with van der Waals surface area (Å²) in [6.07, 6.45) is 0. The highest BCUT2D eigenvalue weighted by atomic mass is 79.9. The zero-order valence-electron chi connectivity index (χ0n) is 20.3. The number of hydrogen-bond acceptors (Lipinski definition) is 4. The summed E-state index contributed by atoms with van der Waals surface area (Å²) in [5, 5.41) is 7.73. The van der Waals surface area contributed by atoms with Crippen LogP contribution in [0.15, 0.2) is 59.1 Å². The number of methoxy groups -OCH3 is 1. The number of nitrogens with one attached hydrogen (secondary N) is 1. The number of ether oxygens (including phenoxy) is 1. The average Bonchev–Trinajstić information content (AvgIpc) is 3.20. The van der Waals surface area contributed by atoms with E-state index < -0.39 is 0 Å². The van der Waals surface area contributed by atoms with Crippen molar-refractivity contribution in [1.82, 2.24) is 14.7 Å². The molecular formula is C26H31BrN4O3. The van der Waals surface area contributed by atoms with E-state index in [0.29, 0.717) is 24.5 Å². The number of nitrogens with zero attached hydrogens (tertiary/aromatic N) is 3. The first-order valence-corrected chi connectivity index (χ1v) is 11.9. The van der Waals surface area contributed by atoms with Crippen LogP contribution < -0.4 is 5.32 Å². The molecule has 0 spiro atoms. The van der Waals surface area contributed by atoms with Crippen molar-refractivity contribution < 1.29 is 14.3 Å². The van der Waals surface area contributed by atoms with Gasteiger partial charge < -0.3 is 15.0 Å². The monoisotopic (exact) mass is 526 g/mol. The van der Waals surface area contributed by atoms with E-state index in [-0.39, 0.29) is 23.8 Å². The van der Waals surface area contributed by atoms with Crippen molar-refractivity contribution in [2.75, 3.05) is 32.1 Å². The third kappa shape index (κ3) is 6.55. The standard InChI is InChI=1S/C26H31BrN4O3/c1-18-8-6-11-21(14-18)31-23(16-22(29-31)26(2,3)4)28-24(32)17-30(12-13-34-5)25(33)19-9-7-10-20(27)15-19/h6-11,14-16H,12-13,17H2,1-5H3,(H,28,32). The van der Waals surface area contributed by atoms with Gasteiger partial charge in [0.1, 0.15) is 12.4 Å². The molecule has 180 valence electrons. The number of anilines is 1. The molecule has 1 heterocycles. The van der Waals surface area contributed by atoms with E-state index in [1.807, 2.05) is 43.3 Å². The second-order valence-electron chi connectivity index (χ2n) is 9.19. The molecule has 34 heavy (non-hydrogen) atoms. The van der Waals surface area contributed by atoms with Crippen LogP contribution in [0.3, 0.4) is 0 Å². The maximum absolute atomic E-state index is 13.1. The fourth-order valence-electron chi connectivity index (χ4n) is 3.41. The summed E-state index contributed by atoms with van der Waals surface area (Å²) in [5.41, 5.74) is 3.10. The number of aromatic nitrogens is 2. The van der Waals surface area contributed by atoms with E-state index in [4.69, 9.17) is 9.84 Å². The summed E-state index contributed by atoms with van der Waals surface area (Å²) in [6.45, 7) is 8.73. The molecule has 0 saturated carbocycles. The van der Waals surface area contributed by atoms with Crippen LogP contribution in [0, 0.1) is 6.92 Å². The number of aryl methyl sites for hydroxylation is 1. The van der Waals surface area contributed by atoms with E-state index >= 15 is 0 Å². The highest BCUT2D eigenvalue weighted by Crippen LogP contribution is 2.26. The number of benzene rings is 2. The Bertz CT molecular complexity index is 1170. The second-order valence-corrected chi connectivity index (χ2v) is 10.1. The highest BCUT2D eigenvalue weighted by molar-refractivity contribution is 9.10. The number of rotatable bonds is 8. The maximum Gasteiger partial charge on any atom is 0.254 e. The number of halogens is 1. The van der Waals surface area contributed by atoms with Crippen molar-refractivity contribution in [2.45, 2.75) is 33.1 Å². The molecule has 3 rings (SSSR count). The first-order valence-electron chi connectivity index (χ1n) is 11.1. The molecule has 0 unspecified atom stereocenters. The van der Waals surface area contributed by atoms with Crippen LogP contribution in [0.5, 0.6) is 0 Å². The van der Waals surface area contributed by atoms with Gasteiger partial charge in [0.25, 0.3) is 5.91 Å². The van der Waals surface area contributed by atoms with Crippen LogP contribution in [0.4, 0.5) is 5.82 Å². The summed E-state index contributed by atoms with van der Waals surface area (Å²) < 4.78 is 7.70. The van der Waals surface area contributed by atoms with Gasteiger partial charge in [-0.05, 0) is 42.8 Å². The van der Waals surface area contributed by atoms with Crippen LogP contribution in [-0.4, -0.2) is 53.3 Å². The lowest BCUT2D eigenvalue weighted by Gasteiger charge is -2.22. The van der Waals surface area contributed by atoms with E-state index in [2.05, 4.69) is 42.0 Å². The summed E-state index contributed by atoms with van der Waals surface area (Å²) in [4.78, 5) is 27.7. The van der Waals surface area contributed by atoms with Crippen molar-refractivity contribution in [2.24, 2.45) is 0 Å². The van der Waals surface area contributed by atoms with Crippen molar-refractivity contribution in [3.63, 3.8) is 0 Å². The van der Waals surface area contributed by atoms with Crippen molar-refractivity contribution in [3.05, 3.63) is 75.9 Å². The molecule has 1 aromatic heterocycles. The molecule has 0 atom stereocenters. The van der Waals surface area contributed by atoms with Gasteiger partial charge in [-0.2, -0.15) is 5.10 Å². The molecule has 0 bridgehead atoms. The number of carbonyl (C=O) groups excluding carboxylic acids is 2. The smallest absolute Gasteiger partial charge is 0.254 e. The summed E-state index contributed by atoms with van der Waals surface area (Å²) >= 11 is 3.40. The predicted octanol–water partition coefficient (Wildman–Crippen LogP) is 4.97. The van der Waals surface area contributed by atoms with Gasteiger partial charge in [0.05, 0.1) is 18.0 Å². The normalized spacial score (nSPS) is 11.4. The van der Waals surface area contributed by atoms with Crippen LogP contribution >= 0.6 is 15.9 Å². The van der Waals surface area contributed by atoms with Crippen LogP contribution in [0.2, 0.25) is 0 Å². The Balaban J connectivity index is 1.86. The highest BCUT2D eigenvalue weighted by Gasteiger charge is 2.23. The Labute approximate surface area is 209 Å². The summed E-state index contributed by atoms with van der Waals surface area (Å²) in [6, 6.07) is 16.9. The van der Waals surface area contributed by atoms with Crippen LogP contribution in [0.1, 0.15) is 42.4 Å². The molecular weight excluding hydrogens is 496 g/mol. The molecule has 0 saturated heterocycles. The molecule has 7 nitrogen and oxygen atoms in total. The molecule has 1 N–H and O–H groups in total. The minimum Gasteiger partial charge on any atom is -0.383 e. The minimum atomic E-state index is -0.311. The zero-order chi connectivity index (χ0) is 24.9. The Morgan fingerprint density at radius 3 is 2.50 bits per heavy atom. The van der Waals surface area contributed by atoms with Crippen molar-refractivity contribution >= 4 is 33.6 Å². The van der Waals surface area contributed by atoms with Gasteiger partial charge in [0, 0.05) is 35.2 Å². The van der Waals surface area contributed by atoms with Gasteiger partial charge in [0.15, 0.2) is 0 Å². The molecule has 8 heteroatoms. The van der Waals surface area contributed by atoms with Crippen molar-refractivity contribution in [3.8, 4) is 5.69 Å². The lowest BCUT2D eigenvalue weighted by Crippen LogP contribution is -2.40. The molecule has 3 aromatic rings. The van der Waals surface area contributed by atoms with Gasteiger partial charge in [-0.3, -0.25) is 9.59 Å². The average molecular weight is 527 g/mol. The van der Waals surface area contributed by atoms with Crippen LogP contribution in [0.25, 0.3) is 5.69 Å². The van der Waals surface area contributed by atoms with Gasteiger partial charge in [-0.1, -0.05) is 54.9 Å². The van der Waals surface area contributed by atoms with E-state index in [1.54, 1.807) is 30.0 Å². The molecule has 0 fully saturated rings. The van der Waals surface area contributed by atoms with Crippen molar-refractivity contribution in [1.29, 1.82) is 0 Å². The SMILES string of the molecule is COCCN(CC(=O)Nc1cc(C(C)(C)C)nn1-c1cccc(C)c1)C(=O)c1cccc(Br)c1. The third-order valence-corrected chi connectivity index (χ3v) is 5.74. The summed E-state index contributed by atoms with van der Waals surface area (Å²) in [5.74, 6) is 0.00639. The van der Waals surface area contributed by atoms with E-state index in [0.717, 1.165) is 21.4 Å². The topological polar surface area (TPSA) is 76.5 Å². The fourth-order valence-corrected chi connectivity index (χ4v) is 3.81. The van der Waals surface area contributed by atoms with Gasteiger partial charge in [0.2, 0.25) is 5.91 Å². The Hall–Kier alpha value is -2.97. The zero-order valence-corrected chi connectivity index (χ0v) is 21.8. The van der Waals surface area contributed by atoms with E-state index in [9.17, 15) is 9.59 Å². The molecule has 2 amide bonds. The van der Waals surface area contributed by atoms with E-state index in [1.165, 1.54) is 4.90 Å². The lowest BCUT2D eigenvalue weighted by molar-refractivity contribution is -0.117. The Morgan fingerprint density at radius 2 is 1.85 bits per heavy atom.